The summed E-state index contributed by atoms with van der Waals surface area (Å²) in [6.45, 7) is 9.43. The molecule has 0 bridgehead atoms. The zero-order valence-corrected chi connectivity index (χ0v) is 14.1. The highest BCUT2D eigenvalue weighted by molar-refractivity contribution is 5.71. The summed E-state index contributed by atoms with van der Waals surface area (Å²) < 4.78 is 5.30. The topological polar surface area (TPSA) is 58.6 Å². The monoisotopic (exact) mass is 305 g/mol. The molecule has 122 valence electrons. The molecular weight excluding hydrogens is 278 g/mol. The van der Waals surface area contributed by atoms with Crippen molar-refractivity contribution >= 4 is 11.7 Å². The Bertz CT molecular complexity index is 501. The Morgan fingerprint density at radius 1 is 1.27 bits per heavy atom. The molecule has 0 aliphatic rings. The van der Waals surface area contributed by atoms with Gasteiger partial charge >= 0.3 is 6.09 Å². The van der Waals surface area contributed by atoms with Crippen LogP contribution in [-0.4, -0.2) is 29.4 Å². The van der Waals surface area contributed by atoms with E-state index in [0.29, 0.717) is 0 Å². The van der Waals surface area contributed by atoms with Gasteiger partial charge in [0.15, 0.2) is 0 Å². The number of aliphatic hydroxyl groups excluding tert-OH is 1. The van der Waals surface area contributed by atoms with Crippen molar-refractivity contribution in [1.29, 1.82) is 0 Å². The maximum absolute atomic E-state index is 12.0. The van der Waals surface area contributed by atoms with Gasteiger partial charge in [-0.05, 0) is 37.8 Å². The number of rotatable bonds is 5. The zero-order chi connectivity index (χ0) is 16.8. The fourth-order valence-electron chi connectivity index (χ4n) is 1.95. The molecule has 0 radical (unpaired) electrons. The van der Waals surface area contributed by atoms with Crippen LogP contribution in [0.4, 0.5) is 4.79 Å². The molecule has 0 saturated heterocycles. The van der Waals surface area contributed by atoms with Gasteiger partial charge in [0.05, 0.1) is 12.6 Å². The first-order valence-electron chi connectivity index (χ1n) is 7.59. The Balaban J connectivity index is 2.90. The van der Waals surface area contributed by atoms with Crippen LogP contribution < -0.4 is 5.32 Å². The van der Waals surface area contributed by atoms with E-state index in [9.17, 15) is 9.90 Å². The van der Waals surface area contributed by atoms with Gasteiger partial charge in [0.25, 0.3) is 0 Å². The van der Waals surface area contributed by atoms with Crippen molar-refractivity contribution in [2.75, 3.05) is 6.61 Å². The number of carbonyl (C=O) groups is 1. The second kappa shape index (κ2) is 7.99. The Labute approximate surface area is 133 Å². The number of aliphatic hydroxyl groups is 1. The fraction of sp³-hybridized carbons (Fsp3) is 0.500. The molecule has 0 aliphatic heterocycles. The molecule has 0 fully saturated rings. The van der Waals surface area contributed by atoms with Gasteiger partial charge in [-0.2, -0.15) is 0 Å². The minimum atomic E-state index is -0.533. The summed E-state index contributed by atoms with van der Waals surface area (Å²) in [6, 6.07) is 9.43. The van der Waals surface area contributed by atoms with E-state index >= 15 is 0 Å². The normalized spacial score (nSPS) is 13.9. The minimum Gasteiger partial charge on any atom is -0.444 e. The molecule has 1 rings (SSSR count). The molecular formula is C18H27NO3. The molecule has 4 nitrogen and oxygen atoms in total. The molecule has 1 unspecified atom stereocenters. The van der Waals surface area contributed by atoms with Gasteiger partial charge in [-0.15, -0.1) is 0 Å². The van der Waals surface area contributed by atoms with E-state index in [1.54, 1.807) is 0 Å². The largest absolute Gasteiger partial charge is 0.444 e. The first kappa shape index (κ1) is 18.2. The summed E-state index contributed by atoms with van der Waals surface area (Å²) in [6.07, 6.45) is 1.44. The predicted molar refractivity (Wildman–Crippen MR) is 89.5 cm³/mol. The number of hydrogen-bond donors (Lipinski definition) is 2. The highest BCUT2D eigenvalue weighted by Crippen LogP contribution is 2.17. The van der Waals surface area contributed by atoms with Crippen LogP contribution in [0.5, 0.6) is 0 Å². The fourth-order valence-corrected chi connectivity index (χ4v) is 1.95. The SMILES string of the molecule is CC(C)C(C=C(CO)c1ccccc1)NC(=O)OC(C)(C)C. The van der Waals surface area contributed by atoms with Crippen molar-refractivity contribution in [3.63, 3.8) is 0 Å². The van der Waals surface area contributed by atoms with Crippen LogP contribution in [0.3, 0.4) is 0 Å². The van der Waals surface area contributed by atoms with Crippen molar-refractivity contribution < 1.29 is 14.6 Å². The number of alkyl carbamates (subject to hydrolysis) is 1. The van der Waals surface area contributed by atoms with E-state index in [-0.39, 0.29) is 18.6 Å². The van der Waals surface area contributed by atoms with E-state index in [4.69, 9.17) is 4.74 Å². The number of benzene rings is 1. The highest BCUT2D eigenvalue weighted by atomic mass is 16.6. The van der Waals surface area contributed by atoms with Gasteiger partial charge in [-0.25, -0.2) is 4.79 Å². The third-order valence-electron chi connectivity index (χ3n) is 3.10. The third-order valence-corrected chi connectivity index (χ3v) is 3.10. The highest BCUT2D eigenvalue weighted by Gasteiger charge is 2.20. The zero-order valence-electron chi connectivity index (χ0n) is 14.1. The van der Waals surface area contributed by atoms with E-state index in [1.165, 1.54) is 0 Å². The van der Waals surface area contributed by atoms with Crippen LogP contribution in [0.25, 0.3) is 5.57 Å². The lowest BCUT2D eigenvalue weighted by Crippen LogP contribution is -2.41. The van der Waals surface area contributed by atoms with Crippen LogP contribution >= 0.6 is 0 Å². The standard InChI is InChI=1S/C18H27NO3/c1-13(2)16(19-17(21)22-18(3,4)5)11-15(12-20)14-9-7-6-8-10-14/h6-11,13,16,20H,12H2,1-5H3,(H,19,21). The Morgan fingerprint density at radius 3 is 2.32 bits per heavy atom. The first-order chi connectivity index (χ1) is 10.2. The quantitative estimate of drug-likeness (QED) is 0.873. The number of amides is 1. The number of nitrogens with one attached hydrogen (secondary N) is 1. The van der Waals surface area contributed by atoms with Crippen molar-refractivity contribution in [1.82, 2.24) is 5.32 Å². The lowest BCUT2D eigenvalue weighted by atomic mass is 9.98. The minimum absolute atomic E-state index is 0.0801. The van der Waals surface area contributed by atoms with Crippen molar-refractivity contribution in [3.8, 4) is 0 Å². The molecule has 0 heterocycles. The van der Waals surface area contributed by atoms with Crippen molar-refractivity contribution in [2.45, 2.75) is 46.3 Å². The van der Waals surface area contributed by atoms with Crippen LogP contribution in [0.2, 0.25) is 0 Å². The summed E-state index contributed by atoms with van der Waals surface area (Å²) in [4.78, 5) is 12.0. The second-order valence-corrected chi connectivity index (χ2v) is 6.63. The maximum atomic E-state index is 12.0. The average Bonchev–Trinajstić information content (AvgIpc) is 2.42. The molecule has 22 heavy (non-hydrogen) atoms. The number of carbonyl (C=O) groups excluding carboxylic acids is 1. The molecule has 0 aliphatic carbocycles. The Kier molecular flexibility index (Phi) is 6.62. The van der Waals surface area contributed by atoms with Crippen LogP contribution in [0.1, 0.15) is 40.2 Å². The Morgan fingerprint density at radius 2 is 1.86 bits per heavy atom. The molecule has 1 amide bonds. The van der Waals surface area contributed by atoms with Crippen molar-refractivity contribution in [3.05, 3.63) is 42.0 Å². The molecule has 1 aromatic rings. The van der Waals surface area contributed by atoms with Crippen LogP contribution in [0, 0.1) is 5.92 Å². The van der Waals surface area contributed by atoms with Gasteiger partial charge in [0.2, 0.25) is 0 Å². The molecule has 0 spiro atoms. The van der Waals surface area contributed by atoms with Crippen LogP contribution in [-0.2, 0) is 4.74 Å². The molecule has 4 heteroatoms. The van der Waals surface area contributed by atoms with Gasteiger partial charge in [-0.3, -0.25) is 0 Å². The summed E-state index contributed by atoms with van der Waals surface area (Å²) in [5, 5.41) is 12.5. The summed E-state index contributed by atoms with van der Waals surface area (Å²) in [5.41, 5.74) is 1.20. The number of hydrogen-bond acceptors (Lipinski definition) is 3. The predicted octanol–water partition coefficient (Wildman–Crippen LogP) is 3.61. The van der Waals surface area contributed by atoms with E-state index in [1.807, 2.05) is 71.0 Å². The summed E-state index contributed by atoms with van der Waals surface area (Å²) in [7, 11) is 0. The maximum Gasteiger partial charge on any atom is 0.408 e. The van der Waals surface area contributed by atoms with Gasteiger partial charge < -0.3 is 15.2 Å². The van der Waals surface area contributed by atoms with Gasteiger partial charge in [0.1, 0.15) is 5.60 Å². The average molecular weight is 305 g/mol. The third kappa shape index (κ3) is 6.31. The second-order valence-electron chi connectivity index (χ2n) is 6.63. The van der Waals surface area contributed by atoms with Gasteiger partial charge in [-0.1, -0.05) is 50.3 Å². The molecule has 0 aromatic heterocycles. The molecule has 2 N–H and O–H groups in total. The first-order valence-corrected chi connectivity index (χ1v) is 7.59. The van der Waals surface area contributed by atoms with E-state index in [0.717, 1.165) is 11.1 Å². The summed E-state index contributed by atoms with van der Waals surface area (Å²) >= 11 is 0. The van der Waals surface area contributed by atoms with Gasteiger partial charge in [0, 0.05) is 0 Å². The molecule has 1 aromatic carbocycles. The smallest absolute Gasteiger partial charge is 0.408 e. The molecule has 0 saturated carbocycles. The van der Waals surface area contributed by atoms with E-state index in [2.05, 4.69) is 5.32 Å². The number of ether oxygens (including phenoxy) is 1. The summed E-state index contributed by atoms with van der Waals surface area (Å²) in [5.74, 6) is 0.179. The Hall–Kier alpha value is -1.81. The lowest BCUT2D eigenvalue weighted by Gasteiger charge is -2.24. The molecule has 1 atom stereocenters. The van der Waals surface area contributed by atoms with Crippen LogP contribution in [0.15, 0.2) is 36.4 Å². The van der Waals surface area contributed by atoms with Crippen molar-refractivity contribution in [2.24, 2.45) is 5.92 Å². The lowest BCUT2D eigenvalue weighted by molar-refractivity contribution is 0.0504. The van der Waals surface area contributed by atoms with E-state index < -0.39 is 11.7 Å².